The van der Waals surface area contributed by atoms with E-state index in [4.69, 9.17) is 20.4 Å². The molecule has 0 rings (SSSR count). The van der Waals surface area contributed by atoms with Crippen LogP contribution < -0.4 is 0 Å². The van der Waals surface area contributed by atoms with Crippen molar-refractivity contribution in [1.29, 1.82) is 0 Å². The lowest BCUT2D eigenvalue weighted by atomic mass is 9.88. The number of carboxylic acids is 1. The molecule has 0 aromatic heterocycles. The first-order valence-corrected chi connectivity index (χ1v) is 7.56. The fraction of sp³-hybridized carbons (Fsp3) is 0.526. The van der Waals surface area contributed by atoms with E-state index in [1.54, 1.807) is 18.2 Å². The first-order valence-electron chi connectivity index (χ1n) is 7.56. The minimum Gasteiger partial charge on any atom is -0.478 e. The van der Waals surface area contributed by atoms with Gasteiger partial charge in [-0.2, -0.15) is 0 Å². The molecule has 0 fully saturated rings. The zero-order chi connectivity index (χ0) is 20.6. The Morgan fingerprint density at radius 1 is 0.917 bits per heavy atom. The van der Waals surface area contributed by atoms with Crippen LogP contribution in [-0.4, -0.2) is 46.2 Å². The van der Waals surface area contributed by atoms with Crippen molar-refractivity contribution in [1.82, 2.24) is 0 Å². The highest BCUT2D eigenvalue weighted by atomic mass is 16.4. The van der Waals surface area contributed by atoms with Crippen molar-refractivity contribution < 1.29 is 25.2 Å². The van der Waals surface area contributed by atoms with E-state index in [9.17, 15) is 4.79 Å². The molecular weight excluding hydrogens is 308 g/mol. The van der Waals surface area contributed by atoms with Gasteiger partial charge in [-0.1, -0.05) is 31.7 Å². The molecule has 4 N–H and O–H groups in total. The maximum absolute atomic E-state index is 9.60. The van der Waals surface area contributed by atoms with Crippen LogP contribution in [0, 0.1) is 5.41 Å². The number of aliphatic hydroxyl groups excluding tert-OH is 3. The summed E-state index contributed by atoms with van der Waals surface area (Å²) < 4.78 is 0. The molecule has 0 aliphatic rings. The highest BCUT2D eigenvalue weighted by Gasteiger charge is 2.24. The van der Waals surface area contributed by atoms with Gasteiger partial charge in [0.2, 0.25) is 0 Å². The first-order chi connectivity index (χ1) is 11.1. The second-order valence-corrected chi connectivity index (χ2v) is 4.64. The third-order valence-corrected chi connectivity index (χ3v) is 2.12. The zero-order valence-electron chi connectivity index (χ0n) is 16.1. The van der Waals surface area contributed by atoms with E-state index >= 15 is 0 Å². The fourth-order valence-corrected chi connectivity index (χ4v) is 0.485. The summed E-state index contributed by atoms with van der Waals surface area (Å²) in [6, 6.07) is 0. The normalized spacial score (nSPS) is 8.00. The molecule has 0 unspecified atom stereocenters. The Hall–Kier alpha value is -1.69. The van der Waals surface area contributed by atoms with Crippen LogP contribution in [0.3, 0.4) is 0 Å². The van der Waals surface area contributed by atoms with Gasteiger partial charge in [-0.25, -0.2) is 4.79 Å². The molecule has 0 aliphatic carbocycles. The molecule has 24 heavy (non-hydrogen) atoms. The Balaban J connectivity index is -0.0000000695. The lowest BCUT2D eigenvalue weighted by Gasteiger charge is -2.24. The standard InChI is InChI=1S/C6H14O3.C4H6O2.3C3H6/c1-2-6(3-7,4-8)5-9;1-3(2)4(5)6;3*1-3-2/h7-9H,2-5H2,1H3;1H2,2H3,(H,5,6);3*3H,1H2,2H3. The maximum Gasteiger partial charge on any atom is 0.330 e. The molecule has 0 heterocycles. The van der Waals surface area contributed by atoms with Gasteiger partial charge in [-0.15, -0.1) is 19.7 Å². The summed E-state index contributed by atoms with van der Waals surface area (Å²) in [6.07, 6.45) is 5.84. The van der Waals surface area contributed by atoms with Crippen LogP contribution in [0.1, 0.15) is 41.0 Å². The Morgan fingerprint density at radius 3 is 1.08 bits per heavy atom. The third-order valence-electron chi connectivity index (χ3n) is 2.12. The molecule has 5 nitrogen and oxygen atoms in total. The molecule has 0 aromatic carbocycles. The Morgan fingerprint density at radius 2 is 1.08 bits per heavy atom. The smallest absolute Gasteiger partial charge is 0.330 e. The third kappa shape index (κ3) is 37.0. The van der Waals surface area contributed by atoms with Crippen LogP contribution in [0.25, 0.3) is 0 Å². The van der Waals surface area contributed by atoms with Crippen LogP contribution >= 0.6 is 0 Å². The summed E-state index contributed by atoms with van der Waals surface area (Å²) in [5.74, 6) is -0.935. The van der Waals surface area contributed by atoms with E-state index in [1.165, 1.54) is 6.92 Å². The molecule has 0 aliphatic heterocycles. The number of aliphatic hydroxyl groups is 3. The molecule has 5 heteroatoms. The van der Waals surface area contributed by atoms with Crippen molar-refractivity contribution in [2.24, 2.45) is 5.41 Å². The number of carboxylic acid groups (broad SMARTS) is 1. The maximum atomic E-state index is 9.60. The molecule has 0 atom stereocenters. The number of carbonyl (C=O) groups is 1. The fourth-order valence-electron chi connectivity index (χ4n) is 0.485. The predicted molar refractivity (Wildman–Crippen MR) is 104 cm³/mol. The van der Waals surface area contributed by atoms with Crippen LogP contribution in [0.4, 0.5) is 0 Å². The Labute approximate surface area is 148 Å². The van der Waals surface area contributed by atoms with Gasteiger partial charge in [0.05, 0.1) is 19.8 Å². The number of rotatable bonds is 5. The average molecular weight is 347 g/mol. The quantitative estimate of drug-likeness (QED) is 0.450. The van der Waals surface area contributed by atoms with Crippen molar-refractivity contribution in [3.63, 3.8) is 0 Å². The molecular formula is C19H38O5. The lowest BCUT2D eigenvalue weighted by molar-refractivity contribution is -0.132. The highest BCUT2D eigenvalue weighted by molar-refractivity contribution is 5.84. The van der Waals surface area contributed by atoms with Gasteiger partial charge in [0, 0.05) is 11.0 Å². The van der Waals surface area contributed by atoms with Gasteiger partial charge in [-0.05, 0) is 34.1 Å². The van der Waals surface area contributed by atoms with Crippen molar-refractivity contribution >= 4 is 5.97 Å². The van der Waals surface area contributed by atoms with Crippen LogP contribution in [0.15, 0.2) is 50.1 Å². The molecule has 0 saturated heterocycles. The average Bonchev–Trinajstić information content (AvgIpc) is 2.53. The van der Waals surface area contributed by atoms with E-state index in [-0.39, 0.29) is 25.4 Å². The zero-order valence-corrected chi connectivity index (χ0v) is 16.1. The second kappa shape index (κ2) is 29.3. The minimum absolute atomic E-state index is 0.156. The van der Waals surface area contributed by atoms with E-state index in [2.05, 4.69) is 26.3 Å². The Kier molecular flexibility index (Phi) is 41.3. The van der Waals surface area contributed by atoms with Crippen LogP contribution in [-0.2, 0) is 4.79 Å². The molecule has 0 bridgehead atoms. The van der Waals surface area contributed by atoms with E-state index in [0.29, 0.717) is 6.42 Å². The van der Waals surface area contributed by atoms with E-state index in [0.717, 1.165) is 0 Å². The van der Waals surface area contributed by atoms with Crippen LogP contribution in [0.5, 0.6) is 0 Å². The summed E-state index contributed by atoms with van der Waals surface area (Å²) >= 11 is 0. The van der Waals surface area contributed by atoms with Crippen molar-refractivity contribution in [3.05, 3.63) is 50.1 Å². The number of hydrogen-bond acceptors (Lipinski definition) is 4. The van der Waals surface area contributed by atoms with Crippen molar-refractivity contribution in [2.45, 2.75) is 41.0 Å². The predicted octanol–water partition coefficient (Wildman–Crippen LogP) is 3.58. The molecule has 0 spiro atoms. The van der Waals surface area contributed by atoms with Gasteiger partial charge in [0.1, 0.15) is 0 Å². The molecule has 144 valence electrons. The number of allylic oxidation sites excluding steroid dienone is 3. The summed E-state index contributed by atoms with van der Waals surface area (Å²) in [4.78, 5) is 9.60. The van der Waals surface area contributed by atoms with Gasteiger partial charge in [0.15, 0.2) is 0 Å². The molecule has 0 radical (unpaired) electrons. The van der Waals surface area contributed by atoms with E-state index in [1.807, 2.05) is 27.7 Å². The SMILES string of the molecule is C=C(C)C(=O)O.C=CC.C=CC.C=CC.CCC(CO)(CO)CO. The molecule has 0 amide bonds. The topological polar surface area (TPSA) is 98.0 Å². The summed E-state index contributed by atoms with van der Waals surface area (Å²) in [6.45, 7) is 21.7. The summed E-state index contributed by atoms with van der Waals surface area (Å²) in [5, 5.41) is 33.9. The highest BCUT2D eigenvalue weighted by Crippen LogP contribution is 2.18. The number of hydrogen-bond donors (Lipinski definition) is 4. The molecule has 0 aromatic rings. The Bertz CT molecular complexity index is 261. The summed E-state index contributed by atoms with van der Waals surface area (Å²) in [7, 11) is 0. The summed E-state index contributed by atoms with van der Waals surface area (Å²) in [5.41, 5.74) is -0.491. The van der Waals surface area contributed by atoms with Gasteiger partial charge < -0.3 is 20.4 Å². The van der Waals surface area contributed by atoms with Gasteiger partial charge in [-0.3, -0.25) is 0 Å². The van der Waals surface area contributed by atoms with Crippen LogP contribution in [0.2, 0.25) is 0 Å². The molecule has 0 saturated carbocycles. The van der Waals surface area contributed by atoms with E-state index < -0.39 is 11.4 Å². The van der Waals surface area contributed by atoms with Crippen molar-refractivity contribution in [3.8, 4) is 0 Å². The minimum atomic E-state index is -0.935. The van der Waals surface area contributed by atoms with Gasteiger partial charge >= 0.3 is 5.97 Å². The van der Waals surface area contributed by atoms with Crippen molar-refractivity contribution in [2.75, 3.05) is 19.8 Å². The monoisotopic (exact) mass is 346 g/mol. The largest absolute Gasteiger partial charge is 0.478 e. The first kappa shape index (κ1) is 33.8. The van der Waals surface area contributed by atoms with Gasteiger partial charge in [0.25, 0.3) is 0 Å². The second-order valence-electron chi connectivity index (χ2n) is 4.64. The lowest BCUT2D eigenvalue weighted by Crippen LogP contribution is -2.32. The number of aliphatic carboxylic acids is 1.